The molecular formula is C30H46N4O4. The normalized spacial score (nSPS) is 51.8. The van der Waals surface area contributed by atoms with Crippen molar-refractivity contribution in [2.75, 3.05) is 6.61 Å². The second-order valence-electron chi connectivity index (χ2n) is 14.2. The van der Waals surface area contributed by atoms with Gasteiger partial charge in [-0.25, -0.2) is 4.79 Å². The van der Waals surface area contributed by atoms with Crippen molar-refractivity contribution in [2.45, 2.75) is 110 Å². The molecule has 6 aliphatic rings. The molecule has 1 spiro atoms. The van der Waals surface area contributed by atoms with Gasteiger partial charge in [0.15, 0.2) is 5.79 Å². The minimum atomic E-state index is -0.613. The third-order valence-corrected chi connectivity index (χ3v) is 12.6. The predicted octanol–water partition coefficient (Wildman–Crippen LogP) is 5.32. The molecule has 3 N–H and O–H groups in total. The highest BCUT2D eigenvalue weighted by molar-refractivity contribution is 5.93. The summed E-state index contributed by atoms with van der Waals surface area (Å²) in [5.74, 6) is 3.95. The van der Waals surface area contributed by atoms with Crippen molar-refractivity contribution in [1.82, 2.24) is 5.32 Å². The van der Waals surface area contributed by atoms with E-state index in [1.165, 1.54) is 38.5 Å². The fourth-order valence-electron chi connectivity index (χ4n) is 10.7. The van der Waals surface area contributed by atoms with Gasteiger partial charge in [-0.3, -0.25) is 5.32 Å². The van der Waals surface area contributed by atoms with Gasteiger partial charge in [0, 0.05) is 12.3 Å². The molecule has 0 aromatic heterocycles. The summed E-state index contributed by atoms with van der Waals surface area (Å²) in [5, 5.41) is 11.0. The van der Waals surface area contributed by atoms with Gasteiger partial charge < -0.3 is 19.9 Å². The van der Waals surface area contributed by atoms with Crippen LogP contribution >= 0.6 is 0 Å². The molecule has 0 aromatic carbocycles. The lowest BCUT2D eigenvalue weighted by Gasteiger charge is -2.61. The Balaban J connectivity index is 1.13. The summed E-state index contributed by atoms with van der Waals surface area (Å²) < 4.78 is 19.1. The number of hydrogen-bond donors (Lipinski definition) is 2. The number of hydrogen-bond acceptors (Lipinski definition) is 6. The Bertz CT molecular complexity index is 1020. The Labute approximate surface area is 227 Å². The first kappa shape index (κ1) is 26.4. The van der Waals surface area contributed by atoms with Gasteiger partial charge in [0.1, 0.15) is 6.10 Å². The van der Waals surface area contributed by atoms with Crippen LogP contribution in [0, 0.1) is 63.7 Å². The lowest BCUT2D eigenvalue weighted by molar-refractivity contribution is -0.273. The molecule has 8 nitrogen and oxygen atoms in total. The number of rotatable bonds is 1. The van der Waals surface area contributed by atoms with Crippen LogP contribution in [0.15, 0.2) is 4.99 Å². The summed E-state index contributed by atoms with van der Waals surface area (Å²) in [7, 11) is 0. The molecule has 210 valence electrons. The summed E-state index contributed by atoms with van der Waals surface area (Å²) in [4.78, 5) is 15.6. The van der Waals surface area contributed by atoms with Crippen LogP contribution in [0.1, 0.15) is 91.9 Å². The highest BCUT2D eigenvalue weighted by Gasteiger charge is 2.69. The van der Waals surface area contributed by atoms with E-state index in [1.54, 1.807) is 6.19 Å². The van der Waals surface area contributed by atoms with Crippen LogP contribution in [-0.4, -0.2) is 36.7 Å². The fourth-order valence-corrected chi connectivity index (χ4v) is 10.7. The van der Waals surface area contributed by atoms with E-state index in [1.807, 2.05) is 0 Å². The number of alkyl carbamates (subject to hydrolysis) is 1. The lowest BCUT2D eigenvalue weighted by atomic mass is 9.44. The maximum atomic E-state index is 12.3. The number of nitriles is 1. The van der Waals surface area contributed by atoms with Crippen molar-refractivity contribution in [2.24, 2.45) is 63.0 Å². The molecule has 2 aliphatic heterocycles. The van der Waals surface area contributed by atoms with Crippen LogP contribution in [0.4, 0.5) is 4.79 Å². The largest absolute Gasteiger partial charge is 0.446 e. The molecule has 8 heteroatoms. The molecule has 6 fully saturated rings. The molecule has 2 saturated heterocycles. The molecule has 12 atom stereocenters. The zero-order chi connectivity index (χ0) is 26.9. The first-order valence-corrected chi connectivity index (χ1v) is 15.1. The predicted molar refractivity (Wildman–Crippen MR) is 142 cm³/mol. The van der Waals surface area contributed by atoms with Gasteiger partial charge in [0.25, 0.3) is 0 Å². The first-order chi connectivity index (χ1) is 18.1. The van der Waals surface area contributed by atoms with E-state index in [0.717, 1.165) is 50.0 Å². The summed E-state index contributed by atoms with van der Waals surface area (Å²) >= 11 is 0. The van der Waals surface area contributed by atoms with Crippen LogP contribution in [0.25, 0.3) is 0 Å². The van der Waals surface area contributed by atoms with Crippen molar-refractivity contribution in [1.29, 1.82) is 5.26 Å². The maximum absolute atomic E-state index is 12.3. The van der Waals surface area contributed by atoms with Crippen molar-refractivity contribution in [3.8, 4) is 6.19 Å². The molecule has 0 bridgehead atoms. The molecule has 6 rings (SSSR count). The first-order valence-electron chi connectivity index (χ1n) is 15.1. The number of guanidine groups is 1. The van der Waals surface area contributed by atoms with Crippen molar-refractivity contribution in [3.05, 3.63) is 0 Å². The van der Waals surface area contributed by atoms with Gasteiger partial charge in [-0.1, -0.05) is 27.7 Å². The van der Waals surface area contributed by atoms with Crippen molar-refractivity contribution >= 4 is 12.1 Å². The van der Waals surface area contributed by atoms with Crippen LogP contribution in [-0.2, 0) is 14.2 Å². The number of nitrogens with one attached hydrogen (secondary N) is 1. The topological polar surface area (TPSA) is 119 Å². The van der Waals surface area contributed by atoms with E-state index in [0.29, 0.717) is 40.6 Å². The van der Waals surface area contributed by atoms with Gasteiger partial charge >= 0.3 is 6.09 Å². The average Bonchev–Trinajstić information content (AvgIpc) is 3.31. The van der Waals surface area contributed by atoms with Crippen LogP contribution in [0.3, 0.4) is 0 Å². The Morgan fingerprint density at radius 1 is 1.05 bits per heavy atom. The summed E-state index contributed by atoms with van der Waals surface area (Å²) in [6.07, 6.45) is 12.6. The number of nitrogens with two attached hydrogens (primary N) is 1. The molecule has 38 heavy (non-hydrogen) atoms. The van der Waals surface area contributed by atoms with Gasteiger partial charge in [-0.15, -0.1) is 4.99 Å². The standard InChI is InChI=1S/C30H46N4O4/c1-17-7-12-30(36-15-17)18(2)25-24(38-30)14-23-21-6-5-19-13-20(37-27(35)34-26(32)33-16-31)8-10-28(19,3)22(21)9-11-29(23,25)4/h17-25H,5-15H2,1-4H3,(H3,32,33,34,35)/t17-,18-,19+,20-,21+,22-,23-,24-,25-,28-,29-,30+/m0/s1. The van der Waals surface area contributed by atoms with Crippen LogP contribution < -0.4 is 11.1 Å². The zero-order valence-electron chi connectivity index (χ0n) is 23.6. The lowest BCUT2D eigenvalue weighted by Crippen LogP contribution is -2.55. The molecule has 0 aromatic rings. The summed E-state index contributed by atoms with van der Waals surface area (Å²) in [5.41, 5.74) is 6.17. The van der Waals surface area contributed by atoms with Crippen molar-refractivity contribution < 1.29 is 19.0 Å². The smallest absolute Gasteiger partial charge is 0.414 e. The highest BCUT2D eigenvalue weighted by atomic mass is 16.7. The molecule has 4 aliphatic carbocycles. The van der Waals surface area contributed by atoms with Gasteiger partial charge in [-0.2, -0.15) is 5.26 Å². The second kappa shape index (κ2) is 9.37. The third kappa shape index (κ3) is 3.98. The maximum Gasteiger partial charge on any atom is 0.414 e. The van der Waals surface area contributed by atoms with Crippen LogP contribution in [0.5, 0.6) is 0 Å². The Kier molecular flexibility index (Phi) is 6.50. The van der Waals surface area contributed by atoms with E-state index < -0.39 is 6.09 Å². The minimum absolute atomic E-state index is 0.108. The molecular weight excluding hydrogens is 480 g/mol. The molecule has 2 heterocycles. The SMILES string of the molecule is C[C@H]1CC[C@@]2(OC1)O[C@H]1C[C@H]3[C@@H]4CC[C@@H]5C[C@@H](OC(=O)NC(N)=NC#N)CC[C@]5(C)[C@H]4CC[C@]3(C)[C@H]1[C@@H]2C. The number of amides is 1. The zero-order valence-corrected chi connectivity index (χ0v) is 23.6. The van der Waals surface area contributed by atoms with E-state index in [2.05, 4.69) is 38.0 Å². The number of ether oxygens (including phenoxy) is 3. The van der Waals surface area contributed by atoms with E-state index >= 15 is 0 Å². The Hall–Kier alpha value is -1.85. The monoisotopic (exact) mass is 526 g/mol. The van der Waals surface area contributed by atoms with Gasteiger partial charge in [0.05, 0.1) is 12.7 Å². The van der Waals surface area contributed by atoms with Gasteiger partial charge in [0.2, 0.25) is 12.2 Å². The van der Waals surface area contributed by atoms with Crippen LogP contribution in [0.2, 0.25) is 0 Å². The number of fused-ring (bicyclic) bond motifs is 7. The Morgan fingerprint density at radius 3 is 2.58 bits per heavy atom. The van der Waals surface area contributed by atoms with Gasteiger partial charge in [-0.05, 0) is 104 Å². The number of carbonyl (C=O) groups excluding carboxylic acids is 1. The molecule has 4 saturated carbocycles. The number of carbonyl (C=O) groups is 1. The number of aliphatic imine (C=N–C) groups is 1. The highest BCUT2D eigenvalue weighted by Crippen LogP contribution is 2.71. The molecule has 0 radical (unpaired) electrons. The summed E-state index contributed by atoms with van der Waals surface area (Å²) in [6, 6.07) is 0. The average molecular weight is 527 g/mol. The summed E-state index contributed by atoms with van der Waals surface area (Å²) in [6.45, 7) is 10.7. The van der Waals surface area contributed by atoms with E-state index in [-0.39, 0.29) is 17.9 Å². The Morgan fingerprint density at radius 2 is 1.84 bits per heavy atom. The second-order valence-corrected chi connectivity index (χ2v) is 14.2. The quantitative estimate of drug-likeness (QED) is 0.271. The number of nitrogens with zero attached hydrogens (tertiary/aromatic N) is 2. The van der Waals surface area contributed by atoms with Crippen molar-refractivity contribution in [3.63, 3.8) is 0 Å². The van der Waals surface area contributed by atoms with E-state index in [4.69, 9.17) is 25.2 Å². The third-order valence-electron chi connectivity index (χ3n) is 12.6. The minimum Gasteiger partial charge on any atom is -0.446 e. The molecule has 1 amide bonds. The van der Waals surface area contributed by atoms with E-state index in [9.17, 15) is 4.79 Å². The fraction of sp³-hybridized carbons (Fsp3) is 0.900. The molecule has 0 unspecified atom stereocenters.